The Balaban J connectivity index is 1.75. The van der Waals surface area contributed by atoms with Crippen LogP contribution in [0.3, 0.4) is 0 Å². The highest BCUT2D eigenvalue weighted by atomic mass is 16.5. The fourth-order valence-electron chi connectivity index (χ4n) is 2.16. The monoisotopic (exact) mass is 265 g/mol. The normalized spacial score (nSPS) is 10.7. The summed E-state index contributed by atoms with van der Waals surface area (Å²) in [5.41, 5.74) is 2.80. The average molecular weight is 265 g/mol. The van der Waals surface area contributed by atoms with Crippen molar-refractivity contribution in [3.63, 3.8) is 0 Å². The second-order valence-corrected chi connectivity index (χ2v) is 4.77. The van der Waals surface area contributed by atoms with Gasteiger partial charge in [0.1, 0.15) is 5.75 Å². The van der Waals surface area contributed by atoms with Crippen LogP contribution in [0.2, 0.25) is 0 Å². The Kier molecular flexibility index (Phi) is 3.25. The van der Waals surface area contributed by atoms with E-state index in [4.69, 9.17) is 4.74 Å². The van der Waals surface area contributed by atoms with Crippen LogP contribution < -0.4 is 4.74 Å². The molecule has 1 heterocycles. The first-order valence-electron chi connectivity index (χ1n) is 6.53. The largest absolute Gasteiger partial charge is 0.485 e. The lowest BCUT2D eigenvalue weighted by Gasteiger charge is -2.05. The van der Waals surface area contributed by atoms with Gasteiger partial charge in [0.25, 0.3) is 0 Å². The molecule has 20 heavy (non-hydrogen) atoms. The van der Waals surface area contributed by atoms with Gasteiger partial charge in [-0.1, -0.05) is 35.9 Å². The molecular weight excluding hydrogens is 250 g/mol. The molecule has 1 N–H and O–H groups in total. The van der Waals surface area contributed by atoms with Gasteiger partial charge >= 0.3 is 0 Å². The predicted molar refractivity (Wildman–Crippen MR) is 79.3 cm³/mol. The van der Waals surface area contributed by atoms with Gasteiger partial charge < -0.3 is 9.72 Å². The molecule has 0 bridgehead atoms. The lowest BCUT2D eigenvalue weighted by molar-refractivity contribution is 0.0923. The van der Waals surface area contributed by atoms with Gasteiger partial charge in [0.15, 0.2) is 6.61 Å². The third-order valence-corrected chi connectivity index (χ3v) is 3.28. The maximum absolute atomic E-state index is 12.2. The van der Waals surface area contributed by atoms with Crippen molar-refractivity contribution in [1.82, 2.24) is 4.98 Å². The molecule has 0 saturated carbocycles. The van der Waals surface area contributed by atoms with Crippen LogP contribution in [-0.2, 0) is 0 Å². The SMILES string of the molecule is Cc1ccc(OCC(=O)c2c[nH]c3ccccc23)cc1. The van der Waals surface area contributed by atoms with Gasteiger partial charge in [-0.2, -0.15) is 0 Å². The van der Waals surface area contributed by atoms with Crippen molar-refractivity contribution in [2.24, 2.45) is 0 Å². The van der Waals surface area contributed by atoms with E-state index in [1.165, 1.54) is 5.56 Å². The summed E-state index contributed by atoms with van der Waals surface area (Å²) in [4.78, 5) is 15.3. The van der Waals surface area contributed by atoms with Crippen LogP contribution in [0.5, 0.6) is 5.75 Å². The molecule has 3 nitrogen and oxygen atoms in total. The molecule has 0 unspecified atom stereocenters. The van der Waals surface area contributed by atoms with Gasteiger partial charge in [0.05, 0.1) is 0 Å². The Morgan fingerprint density at radius 3 is 2.65 bits per heavy atom. The van der Waals surface area contributed by atoms with Crippen LogP contribution in [0.25, 0.3) is 10.9 Å². The Hall–Kier alpha value is -2.55. The number of carbonyl (C=O) groups excluding carboxylic acids is 1. The first-order valence-corrected chi connectivity index (χ1v) is 6.53. The van der Waals surface area contributed by atoms with Crippen molar-refractivity contribution in [3.8, 4) is 5.75 Å². The summed E-state index contributed by atoms with van der Waals surface area (Å²) in [6.07, 6.45) is 1.74. The smallest absolute Gasteiger partial charge is 0.202 e. The van der Waals surface area contributed by atoms with Crippen molar-refractivity contribution in [2.75, 3.05) is 6.61 Å². The molecule has 3 rings (SSSR count). The maximum Gasteiger partial charge on any atom is 0.202 e. The zero-order valence-electron chi connectivity index (χ0n) is 11.2. The lowest BCUT2D eigenvalue weighted by atomic mass is 10.1. The van der Waals surface area contributed by atoms with Crippen LogP contribution >= 0.6 is 0 Å². The Labute approximate surface area is 117 Å². The number of fused-ring (bicyclic) bond motifs is 1. The first kappa shape index (κ1) is 12.5. The van der Waals surface area contributed by atoms with Crippen molar-refractivity contribution in [1.29, 1.82) is 0 Å². The minimum absolute atomic E-state index is 0.0250. The second-order valence-electron chi connectivity index (χ2n) is 4.77. The summed E-state index contributed by atoms with van der Waals surface area (Å²) in [6.45, 7) is 2.06. The topological polar surface area (TPSA) is 42.1 Å². The highest BCUT2D eigenvalue weighted by Gasteiger charge is 2.12. The molecule has 0 atom stereocenters. The van der Waals surface area contributed by atoms with E-state index >= 15 is 0 Å². The predicted octanol–water partition coefficient (Wildman–Crippen LogP) is 3.74. The van der Waals surface area contributed by atoms with Crippen LogP contribution in [0.15, 0.2) is 54.7 Å². The van der Waals surface area contributed by atoms with E-state index in [0.717, 1.165) is 10.9 Å². The number of hydrogen-bond donors (Lipinski definition) is 1. The third-order valence-electron chi connectivity index (χ3n) is 3.28. The Morgan fingerprint density at radius 2 is 1.85 bits per heavy atom. The number of ketones is 1. The average Bonchev–Trinajstić information content (AvgIpc) is 2.90. The molecule has 0 aliphatic rings. The van der Waals surface area contributed by atoms with E-state index < -0.39 is 0 Å². The summed E-state index contributed by atoms with van der Waals surface area (Å²) in [7, 11) is 0. The molecule has 1 aromatic heterocycles. The van der Waals surface area contributed by atoms with Crippen molar-refractivity contribution in [2.45, 2.75) is 6.92 Å². The van der Waals surface area contributed by atoms with Gasteiger partial charge in [-0.25, -0.2) is 0 Å². The van der Waals surface area contributed by atoms with E-state index in [-0.39, 0.29) is 12.4 Å². The summed E-state index contributed by atoms with van der Waals surface area (Å²) in [5.74, 6) is 0.687. The highest BCUT2D eigenvalue weighted by Crippen LogP contribution is 2.19. The number of carbonyl (C=O) groups is 1. The molecule has 0 aliphatic heterocycles. The molecule has 0 aliphatic carbocycles. The number of hydrogen-bond acceptors (Lipinski definition) is 2. The number of aromatic nitrogens is 1. The van der Waals surface area contributed by atoms with Crippen molar-refractivity contribution < 1.29 is 9.53 Å². The maximum atomic E-state index is 12.2. The number of nitrogens with one attached hydrogen (secondary N) is 1. The summed E-state index contributed by atoms with van der Waals surface area (Å²) >= 11 is 0. The second kappa shape index (κ2) is 5.21. The number of H-pyrrole nitrogens is 1. The minimum atomic E-state index is -0.0250. The summed E-state index contributed by atoms with van der Waals surface area (Å²) in [5, 5.41) is 0.935. The molecule has 0 amide bonds. The summed E-state index contributed by atoms with van der Waals surface area (Å²) < 4.78 is 5.53. The number of aryl methyl sites for hydroxylation is 1. The van der Waals surface area contributed by atoms with E-state index in [1.807, 2.05) is 55.5 Å². The number of ether oxygens (including phenoxy) is 1. The van der Waals surface area contributed by atoms with E-state index in [9.17, 15) is 4.79 Å². The number of Topliss-reactive ketones (excluding diaryl/α,β-unsaturated/α-hetero) is 1. The van der Waals surface area contributed by atoms with Gasteiger partial charge in [-0.05, 0) is 25.1 Å². The molecule has 0 saturated heterocycles. The number of aromatic amines is 1. The van der Waals surface area contributed by atoms with Gasteiger partial charge in [-0.15, -0.1) is 0 Å². The lowest BCUT2D eigenvalue weighted by Crippen LogP contribution is -2.11. The Morgan fingerprint density at radius 1 is 1.10 bits per heavy atom. The van der Waals surface area contributed by atoms with Crippen LogP contribution in [0.1, 0.15) is 15.9 Å². The third kappa shape index (κ3) is 2.43. The quantitative estimate of drug-likeness (QED) is 0.730. The molecule has 3 aromatic rings. The Bertz CT molecular complexity index is 741. The standard InChI is InChI=1S/C17H15NO2/c1-12-6-8-13(9-7-12)20-11-17(19)15-10-18-16-5-3-2-4-14(15)16/h2-10,18H,11H2,1H3. The molecule has 0 spiro atoms. The molecule has 3 heteroatoms. The molecule has 0 radical (unpaired) electrons. The first-order chi connectivity index (χ1) is 9.74. The van der Waals surface area contributed by atoms with Gasteiger partial charge in [0.2, 0.25) is 5.78 Å². The summed E-state index contributed by atoms with van der Waals surface area (Å²) in [6, 6.07) is 15.4. The van der Waals surface area contributed by atoms with Gasteiger partial charge in [-0.3, -0.25) is 4.79 Å². The van der Waals surface area contributed by atoms with Crippen LogP contribution in [0.4, 0.5) is 0 Å². The molecule has 100 valence electrons. The zero-order chi connectivity index (χ0) is 13.9. The zero-order valence-corrected chi connectivity index (χ0v) is 11.2. The van der Waals surface area contributed by atoms with Crippen LogP contribution in [0, 0.1) is 6.92 Å². The van der Waals surface area contributed by atoms with Crippen LogP contribution in [-0.4, -0.2) is 17.4 Å². The van der Waals surface area contributed by atoms with Crippen molar-refractivity contribution in [3.05, 3.63) is 65.9 Å². The fraction of sp³-hybridized carbons (Fsp3) is 0.118. The van der Waals surface area contributed by atoms with Gasteiger partial charge in [0, 0.05) is 22.7 Å². The molecule has 0 fully saturated rings. The highest BCUT2D eigenvalue weighted by molar-refractivity contribution is 6.08. The van der Waals surface area contributed by atoms with E-state index in [2.05, 4.69) is 4.98 Å². The molecular formula is C17H15NO2. The van der Waals surface area contributed by atoms with E-state index in [0.29, 0.717) is 11.3 Å². The number of para-hydroxylation sites is 1. The minimum Gasteiger partial charge on any atom is -0.485 e. The molecule has 2 aromatic carbocycles. The number of rotatable bonds is 4. The number of benzene rings is 2. The van der Waals surface area contributed by atoms with Crippen molar-refractivity contribution >= 4 is 16.7 Å². The van der Waals surface area contributed by atoms with E-state index in [1.54, 1.807) is 6.20 Å². The fourth-order valence-corrected chi connectivity index (χ4v) is 2.16.